The monoisotopic (exact) mass is 497 g/mol. The highest BCUT2D eigenvalue weighted by molar-refractivity contribution is 14.1. The lowest BCUT2D eigenvalue weighted by Crippen LogP contribution is -2.48. The number of ether oxygens (including phenoxy) is 1. The number of unbranched alkanes of at least 4 members (excludes halogenated alkanes) is 1. The van der Waals surface area contributed by atoms with Gasteiger partial charge in [0.1, 0.15) is 5.75 Å². The molecule has 0 atom stereocenters. The zero-order chi connectivity index (χ0) is 19.6. The van der Waals surface area contributed by atoms with Crippen LogP contribution in [0.5, 0.6) is 5.75 Å². The zero-order valence-electron chi connectivity index (χ0n) is 14.8. The van der Waals surface area contributed by atoms with Crippen molar-refractivity contribution < 1.29 is 14.3 Å². The lowest BCUT2D eigenvalue weighted by Gasteiger charge is -2.12. The molecule has 6 nitrogen and oxygen atoms in total. The van der Waals surface area contributed by atoms with Gasteiger partial charge in [0, 0.05) is 9.13 Å². The van der Waals surface area contributed by atoms with Crippen LogP contribution in [0.15, 0.2) is 48.5 Å². The smallest absolute Gasteiger partial charge is 0.270 e. The number of nitrogens with one attached hydrogen (secondary N) is 3. The third-order valence-electron chi connectivity index (χ3n) is 3.50. The molecule has 0 radical (unpaired) electrons. The summed E-state index contributed by atoms with van der Waals surface area (Å²) in [5, 5.41) is 2.52. The van der Waals surface area contributed by atoms with Crippen molar-refractivity contribution in [3.63, 3.8) is 0 Å². The Labute approximate surface area is 177 Å². The largest absolute Gasteiger partial charge is 0.494 e. The highest BCUT2D eigenvalue weighted by Crippen LogP contribution is 2.14. The van der Waals surface area contributed by atoms with Gasteiger partial charge >= 0.3 is 0 Å². The van der Waals surface area contributed by atoms with E-state index in [1.807, 2.05) is 12.1 Å². The van der Waals surface area contributed by atoms with Gasteiger partial charge in [-0.15, -0.1) is 0 Å². The van der Waals surface area contributed by atoms with E-state index in [4.69, 9.17) is 17.0 Å². The number of amides is 2. The summed E-state index contributed by atoms with van der Waals surface area (Å²) in [4.78, 5) is 24.4. The molecule has 0 aliphatic heterocycles. The van der Waals surface area contributed by atoms with Crippen molar-refractivity contribution in [2.45, 2.75) is 19.8 Å². The van der Waals surface area contributed by atoms with E-state index in [1.165, 1.54) is 0 Å². The Kier molecular flexibility index (Phi) is 8.46. The molecule has 2 aromatic rings. The van der Waals surface area contributed by atoms with E-state index in [2.05, 4.69) is 45.7 Å². The van der Waals surface area contributed by atoms with Crippen LogP contribution in [0.25, 0.3) is 0 Å². The molecular formula is C19H20IN3O3S. The third kappa shape index (κ3) is 6.79. The van der Waals surface area contributed by atoms with Crippen LogP contribution in [0.1, 0.15) is 40.5 Å². The Morgan fingerprint density at radius 3 is 2.59 bits per heavy atom. The molecule has 0 heterocycles. The third-order valence-corrected chi connectivity index (χ3v) is 4.64. The molecule has 27 heavy (non-hydrogen) atoms. The van der Waals surface area contributed by atoms with Crippen LogP contribution in [-0.4, -0.2) is 23.5 Å². The first-order chi connectivity index (χ1) is 13.0. The number of carbonyl (C=O) groups excluding carboxylic acids is 2. The maximum absolute atomic E-state index is 12.3. The van der Waals surface area contributed by atoms with Crippen molar-refractivity contribution >= 4 is 51.7 Å². The number of rotatable bonds is 6. The Morgan fingerprint density at radius 1 is 1.07 bits per heavy atom. The summed E-state index contributed by atoms with van der Waals surface area (Å²) in [7, 11) is 0. The predicted octanol–water partition coefficient (Wildman–Crippen LogP) is 3.42. The number of carbonyl (C=O) groups is 2. The second-order valence-electron chi connectivity index (χ2n) is 5.57. The first-order valence-corrected chi connectivity index (χ1v) is 9.89. The van der Waals surface area contributed by atoms with E-state index in [-0.39, 0.29) is 11.0 Å². The number of thiocarbonyl (C=S) groups is 1. The molecule has 0 saturated heterocycles. The molecule has 2 aromatic carbocycles. The summed E-state index contributed by atoms with van der Waals surface area (Å²) in [6, 6.07) is 14.0. The summed E-state index contributed by atoms with van der Waals surface area (Å²) >= 11 is 7.13. The van der Waals surface area contributed by atoms with Crippen LogP contribution in [0.4, 0.5) is 0 Å². The van der Waals surface area contributed by atoms with Crippen molar-refractivity contribution in [1.82, 2.24) is 16.2 Å². The Hall–Kier alpha value is -2.20. The molecule has 0 aliphatic carbocycles. The van der Waals surface area contributed by atoms with Crippen LogP contribution >= 0.6 is 34.8 Å². The molecule has 3 N–H and O–H groups in total. The molecule has 0 bridgehead atoms. The highest BCUT2D eigenvalue weighted by atomic mass is 127. The molecule has 0 aromatic heterocycles. The van der Waals surface area contributed by atoms with Crippen LogP contribution in [0.3, 0.4) is 0 Å². The second kappa shape index (κ2) is 10.8. The van der Waals surface area contributed by atoms with Crippen LogP contribution in [0.2, 0.25) is 0 Å². The fourth-order valence-corrected chi connectivity index (χ4v) is 2.87. The van der Waals surface area contributed by atoms with Gasteiger partial charge in [0.15, 0.2) is 5.11 Å². The molecule has 2 rings (SSSR count). The second-order valence-corrected chi connectivity index (χ2v) is 7.14. The Balaban J connectivity index is 1.86. The van der Waals surface area contributed by atoms with Crippen molar-refractivity contribution in [1.29, 1.82) is 0 Å². The maximum atomic E-state index is 12.3. The van der Waals surface area contributed by atoms with Crippen molar-refractivity contribution in [3.8, 4) is 5.75 Å². The fourth-order valence-electron chi connectivity index (χ4n) is 2.09. The number of hydrogen-bond acceptors (Lipinski definition) is 4. The summed E-state index contributed by atoms with van der Waals surface area (Å²) in [6.07, 6.45) is 1.98. The molecule has 142 valence electrons. The van der Waals surface area contributed by atoms with Gasteiger partial charge in [0.05, 0.1) is 12.2 Å². The molecule has 0 fully saturated rings. The fraction of sp³-hybridized carbons (Fsp3) is 0.211. The minimum absolute atomic E-state index is 0.00315. The molecule has 0 spiro atoms. The van der Waals surface area contributed by atoms with Gasteiger partial charge in [-0.3, -0.25) is 25.8 Å². The van der Waals surface area contributed by atoms with E-state index in [0.29, 0.717) is 23.5 Å². The number of hydrazine groups is 1. The number of benzene rings is 2. The van der Waals surface area contributed by atoms with Gasteiger partial charge < -0.3 is 4.74 Å². The summed E-state index contributed by atoms with van der Waals surface area (Å²) < 4.78 is 6.40. The summed E-state index contributed by atoms with van der Waals surface area (Å²) in [5.74, 6) is -0.109. The quantitative estimate of drug-likeness (QED) is 0.247. The van der Waals surface area contributed by atoms with Crippen molar-refractivity contribution in [2.75, 3.05) is 6.61 Å². The summed E-state index contributed by atoms with van der Waals surface area (Å²) in [6.45, 7) is 2.69. The number of halogens is 1. The first kappa shape index (κ1) is 21.1. The van der Waals surface area contributed by atoms with Crippen molar-refractivity contribution in [3.05, 3.63) is 63.2 Å². The highest BCUT2D eigenvalue weighted by Gasteiger charge is 2.11. The minimum atomic E-state index is -0.392. The first-order valence-electron chi connectivity index (χ1n) is 8.40. The van der Waals surface area contributed by atoms with E-state index in [0.717, 1.165) is 16.4 Å². The minimum Gasteiger partial charge on any atom is -0.494 e. The standard InChI is InChI=1S/C19H20IN3O3S/c1-2-3-11-26-14-8-6-7-13(12-14)17(24)21-19(27)23-22-18(25)15-9-4-5-10-16(15)20/h4-10,12H,2-3,11H2,1H3,(H,22,25)(H2,21,23,24,27). The molecule has 8 heteroatoms. The van der Waals surface area contributed by atoms with Gasteiger partial charge in [-0.1, -0.05) is 31.5 Å². The SMILES string of the molecule is CCCCOc1cccc(C(=O)NC(=S)NNC(=O)c2ccccc2I)c1. The average Bonchev–Trinajstić information content (AvgIpc) is 2.67. The molecule has 2 amide bonds. The molecule has 0 aliphatic rings. The van der Waals surface area contributed by atoms with Gasteiger partial charge in [0.25, 0.3) is 11.8 Å². The van der Waals surface area contributed by atoms with Gasteiger partial charge in [-0.25, -0.2) is 0 Å². The molecule has 0 saturated carbocycles. The topological polar surface area (TPSA) is 79.5 Å². The van der Waals surface area contributed by atoms with E-state index >= 15 is 0 Å². The van der Waals surface area contributed by atoms with Crippen LogP contribution in [-0.2, 0) is 0 Å². The van der Waals surface area contributed by atoms with E-state index in [1.54, 1.807) is 36.4 Å². The van der Waals surface area contributed by atoms with E-state index in [9.17, 15) is 9.59 Å². The van der Waals surface area contributed by atoms with E-state index < -0.39 is 5.91 Å². The lowest BCUT2D eigenvalue weighted by molar-refractivity contribution is 0.0934. The van der Waals surface area contributed by atoms with Crippen LogP contribution in [0, 0.1) is 3.57 Å². The Bertz CT molecular complexity index is 829. The lowest BCUT2D eigenvalue weighted by atomic mass is 10.2. The molecule has 0 unspecified atom stereocenters. The molecular weight excluding hydrogens is 477 g/mol. The maximum Gasteiger partial charge on any atom is 0.270 e. The summed E-state index contributed by atoms with van der Waals surface area (Å²) in [5.41, 5.74) is 5.92. The Morgan fingerprint density at radius 2 is 1.85 bits per heavy atom. The van der Waals surface area contributed by atoms with Crippen LogP contribution < -0.4 is 20.9 Å². The average molecular weight is 497 g/mol. The zero-order valence-corrected chi connectivity index (χ0v) is 17.7. The van der Waals surface area contributed by atoms with Crippen molar-refractivity contribution in [2.24, 2.45) is 0 Å². The number of hydrogen-bond donors (Lipinski definition) is 3. The van der Waals surface area contributed by atoms with Gasteiger partial charge in [-0.05, 0) is 71.6 Å². The normalized spacial score (nSPS) is 10.0. The van der Waals surface area contributed by atoms with Gasteiger partial charge in [0.2, 0.25) is 0 Å². The van der Waals surface area contributed by atoms with Gasteiger partial charge in [-0.2, -0.15) is 0 Å². The predicted molar refractivity (Wildman–Crippen MR) is 117 cm³/mol.